The first-order valence-corrected chi connectivity index (χ1v) is 9.44. The van der Waals surface area contributed by atoms with Crippen LogP contribution in [0.5, 0.6) is 5.75 Å². The number of carbonyl (C=O) groups excluding carboxylic acids is 1. The molecule has 2 rings (SSSR count). The summed E-state index contributed by atoms with van der Waals surface area (Å²) in [6, 6.07) is 7.31. The number of aromatic nitrogens is 1. The molecule has 1 unspecified atom stereocenters. The van der Waals surface area contributed by atoms with Gasteiger partial charge in [0, 0.05) is 13.7 Å². The number of amides is 1. The van der Waals surface area contributed by atoms with Crippen LogP contribution < -0.4 is 10.1 Å². The Hall–Kier alpha value is -2.45. The molecule has 1 heterocycles. The van der Waals surface area contributed by atoms with Gasteiger partial charge < -0.3 is 19.9 Å². The number of aryl methyl sites for hydroxylation is 1. The minimum absolute atomic E-state index is 0.0400. The third kappa shape index (κ3) is 6.04. The van der Waals surface area contributed by atoms with Gasteiger partial charge in [-0.1, -0.05) is 12.1 Å². The van der Waals surface area contributed by atoms with Crippen molar-refractivity contribution in [3.63, 3.8) is 0 Å². The van der Waals surface area contributed by atoms with Crippen molar-refractivity contribution in [1.29, 1.82) is 0 Å². The zero-order chi connectivity index (χ0) is 19.8. The van der Waals surface area contributed by atoms with Gasteiger partial charge in [0.05, 0.1) is 24.8 Å². The number of thiazole rings is 1. The van der Waals surface area contributed by atoms with Gasteiger partial charge in [-0.05, 0) is 38.0 Å². The highest BCUT2D eigenvalue weighted by Crippen LogP contribution is 2.19. The second-order valence-electron chi connectivity index (χ2n) is 5.98. The Morgan fingerprint density at radius 1 is 1.30 bits per heavy atom. The largest absolute Gasteiger partial charge is 0.494 e. The molecule has 0 aliphatic carbocycles. The van der Waals surface area contributed by atoms with E-state index >= 15 is 0 Å². The van der Waals surface area contributed by atoms with Crippen molar-refractivity contribution >= 4 is 23.2 Å². The van der Waals surface area contributed by atoms with Crippen LogP contribution in [0, 0.1) is 12.8 Å². The predicted octanol–water partition coefficient (Wildman–Crippen LogP) is 2.67. The molecule has 0 bridgehead atoms. The molecule has 2 aromatic rings. The number of nitrogens with zero attached hydrogens (tertiary/aromatic N) is 1. The molecule has 1 aromatic carbocycles. The molecule has 1 amide bonds. The van der Waals surface area contributed by atoms with Gasteiger partial charge in [0.15, 0.2) is 0 Å². The molecule has 0 fully saturated rings. The highest BCUT2D eigenvalue weighted by atomic mass is 32.1. The van der Waals surface area contributed by atoms with Crippen LogP contribution in [0.3, 0.4) is 0 Å². The lowest BCUT2D eigenvalue weighted by Gasteiger charge is -2.14. The van der Waals surface area contributed by atoms with Crippen molar-refractivity contribution < 1.29 is 24.2 Å². The Labute approximate surface area is 162 Å². The number of nitrogens with one attached hydrogen (secondary N) is 1. The average molecular weight is 392 g/mol. The van der Waals surface area contributed by atoms with E-state index < -0.39 is 11.9 Å². The number of ether oxygens (including phenoxy) is 2. The number of carboxylic acids is 1. The molecule has 146 valence electrons. The van der Waals surface area contributed by atoms with Crippen molar-refractivity contribution in [3.05, 3.63) is 45.4 Å². The fourth-order valence-corrected chi connectivity index (χ4v) is 3.52. The van der Waals surface area contributed by atoms with Crippen LogP contribution in [-0.4, -0.2) is 42.2 Å². The molecule has 0 radical (unpaired) electrons. The van der Waals surface area contributed by atoms with Crippen molar-refractivity contribution in [2.45, 2.75) is 26.9 Å². The van der Waals surface area contributed by atoms with Crippen molar-refractivity contribution in [2.75, 3.05) is 20.3 Å². The summed E-state index contributed by atoms with van der Waals surface area (Å²) in [6.45, 7) is 4.61. The first kappa shape index (κ1) is 20.9. The number of carboxylic acid groups (broad SMARTS) is 1. The second-order valence-corrected chi connectivity index (χ2v) is 7.07. The van der Waals surface area contributed by atoms with Crippen LogP contribution in [0.2, 0.25) is 0 Å². The summed E-state index contributed by atoms with van der Waals surface area (Å²) in [6.07, 6.45) is 0.318. The number of benzene rings is 1. The number of carbonyl (C=O) groups is 2. The van der Waals surface area contributed by atoms with Gasteiger partial charge in [-0.2, -0.15) is 0 Å². The molecule has 7 nitrogen and oxygen atoms in total. The highest BCUT2D eigenvalue weighted by molar-refractivity contribution is 7.13. The fourth-order valence-electron chi connectivity index (χ4n) is 2.56. The SMILES string of the molecule is CCOc1ccc(CC(CNC(=O)c2sc(COC)nc2C)C(=O)O)cc1. The topological polar surface area (TPSA) is 97.8 Å². The highest BCUT2D eigenvalue weighted by Gasteiger charge is 2.21. The molecule has 0 aliphatic heterocycles. The minimum atomic E-state index is -0.953. The maximum absolute atomic E-state index is 12.4. The van der Waals surface area contributed by atoms with Gasteiger partial charge in [-0.3, -0.25) is 9.59 Å². The minimum Gasteiger partial charge on any atom is -0.494 e. The molecule has 2 N–H and O–H groups in total. The third-order valence-electron chi connectivity index (χ3n) is 3.89. The number of hydrogen-bond acceptors (Lipinski definition) is 6. The summed E-state index contributed by atoms with van der Waals surface area (Å²) in [5.74, 6) is -1.25. The second kappa shape index (κ2) is 10.0. The van der Waals surface area contributed by atoms with E-state index in [0.717, 1.165) is 11.3 Å². The fraction of sp³-hybridized carbons (Fsp3) is 0.421. The number of hydrogen-bond donors (Lipinski definition) is 2. The number of methoxy groups -OCH3 is 1. The normalized spacial score (nSPS) is 11.8. The van der Waals surface area contributed by atoms with E-state index in [9.17, 15) is 14.7 Å². The van der Waals surface area contributed by atoms with Gasteiger partial charge in [-0.15, -0.1) is 11.3 Å². The van der Waals surface area contributed by atoms with Crippen LogP contribution >= 0.6 is 11.3 Å². The Kier molecular flexibility index (Phi) is 7.75. The van der Waals surface area contributed by atoms with Crippen molar-refractivity contribution in [3.8, 4) is 5.75 Å². The molecule has 8 heteroatoms. The Balaban J connectivity index is 1.97. The van der Waals surface area contributed by atoms with Crippen LogP contribution in [0.4, 0.5) is 0 Å². The average Bonchev–Trinajstić information content (AvgIpc) is 3.00. The zero-order valence-electron chi connectivity index (χ0n) is 15.7. The van der Waals surface area contributed by atoms with Gasteiger partial charge >= 0.3 is 5.97 Å². The molecule has 1 atom stereocenters. The van der Waals surface area contributed by atoms with E-state index in [0.29, 0.717) is 35.2 Å². The summed E-state index contributed by atoms with van der Waals surface area (Å²) in [5.41, 5.74) is 1.49. The molecule has 0 saturated carbocycles. The summed E-state index contributed by atoms with van der Waals surface area (Å²) < 4.78 is 10.4. The number of rotatable bonds is 10. The van der Waals surface area contributed by atoms with E-state index in [1.54, 1.807) is 14.0 Å². The summed E-state index contributed by atoms with van der Waals surface area (Å²) >= 11 is 1.25. The maximum atomic E-state index is 12.4. The third-order valence-corrected chi connectivity index (χ3v) is 5.02. The van der Waals surface area contributed by atoms with Crippen molar-refractivity contribution in [1.82, 2.24) is 10.3 Å². The van der Waals surface area contributed by atoms with Crippen LogP contribution in [-0.2, 0) is 22.6 Å². The van der Waals surface area contributed by atoms with E-state index in [-0.39, 0.29) is 12.5 Å². The standard InChI is InChI=1S/C19H24N2O5S/c1-4-26-15-7-5-13(6-8-15)9-14(19(23)24)10-20-18(22)17-12(2)21-16(27-17)11-25-3/h5-8,14H,4,9-11H2,1-3H3,(H,20,22)(H,23,24). The predicted molar refractivity (Wildman–Crippen MR) is 102 cm³/mol. The quantitative estimate of drug-likeness (QED) is 0.645. The van der Waals surface area contributed by atoms with Crippen molar-refractivity contribution in [2.24, 2.45) is 5.92 Å². The molecule has 1 aromatic heterocycles. The van der Waals surface area contributed by atoms with E-state index in [2.05, 4.69) is 10.3 Å². The Morgan fingerprint density at radius 2 is 2.00 bits per heavy atom. The summed E-state index contributed by atoms with van der Waals surface area (Å²) in [7, 11) is 1.56. The zero-order valence-corrected chi connectivity index (χ0v) is 16.5. The lowest BCUT2D eigenvalue weighted by atomic mass is 9.99. The molecular formula is C19H24N2O5S. The Bertz CT molecular complexity index is 773. The maximum Gasteiger partial charge on any atom is 0.308 e. The van der Waals surface area contributed by atoms with E-state index in [1.807, 2.05) is 31.2 Å². The molecular weight excluding hydrogens is 368 g/mol. The Morgan fingerprint density at radius 3 is 2.59 bits per heavy atom. The summed E-state index contributed by atoms with van der Waals surface area (Å²) in [4.78, 5) is 28.7. The molecule has 0 spiro atoms. The van der Waals surface area contributed by atoms with Gasteiger partial charge in [0.1, 0.15) is 15.6 Å². The lowest BCUT2D eigenvalue weighted by molar-refractivity contribution is -0.141. The molecule has 0 aliphatic rings. The van der Waals surface area contributed by atoms with Crippen LogP contribution in [0.15, 0.2) is 24.3 Å². The smallest absolute Gasteiger partial charge is 0.308 e. The van der Waals surface area contributed by atoms with Crippen LogP contribution in [0.1, 0.15) is 32.9 Å². The number of aliphatic carboxylic acids is 1. The van der Waals surface area contributed by atoms with E-state index in [4.69, 9.17) is 9.47 Å². The van der Waals surface area contributed by atoms with Gasteiger partial charge in [-0.25, -0.2) is 4.98 Å². The lowest BCUT2D eigenvalue weighted by Crippen LogP contribution is -2.34. The molecule has 0 saturated heterocycles. The monoisotopic (exact) mass is 392 g/mol. The molecule has 27 heavy (non-hydrogen) atoms. The summed E-state index contributed by atoms with van der Waals surface area (Å²) in [5, 5.41) is 12.9. The van der Waals surface area contributed by atoms with Gasteiger partial charge in [0.2, 0.25) is 0 Å². The first-order valence-electron chi connectivity index (χ1n) is 8.62. The van der Waals surface area contributed by atoms with E-state index in [1.165, 1.54) is 11.3 Å². The first-order chi connectivity index (χ1) is 12.9. The van der Waals surface area contributed by atoms with Gasteiger partial charge in [0.25, 0.3) is 5.91 Å². The van der Waals surface area contributed by atoms with Crippen LogP contribution in [0.25, 0.3) is 0 Å².